The maximum Gasteiger partial charge on any atom is 0.337 e. The second-order valence-electron chi connectivity index (χ2n) is 7.74. The molecule has 0 N–H and O–H groups in total. The van der Waals surface area contributed by atoms with Crippen molar-refractivity contribution in [1.82, 2.24) is 18.7 Å². The van der Waals surface area contributed by atoms with E-state index in [1.165, 1.54) is 4.57 Å². The summed E-state index contributed by atoms with van der Waals surface area (Å²) >= 11 is 0. The quantitative estimate of drug-likeness (QED) is 0.527. The molecule has 0 bridgehead atoms. The minimum absolute atomic E-state index is 0.161. The largest absolute Gasteiger partial charge is 0.337 e. The van der Waals surface area contributed by atoms with Crippen molar-refractivity contribution >= 4 is 11.2 Å². The van der Waals surface area contributed by atoms with E-state index in [0.29, 0.717) is 24.3 Å². The minimum atomic E-state index is -0.351. The summed E-state index contributed by atoms with van der Waals surface area (Å²) in [5.41, 5.74) is 2.94. The first-order chi connectivity index (χ1) is 14.0. The number of aryl methyl sites for hydroxylation is 1. The van der Waals surface area contributed by atoms with E-state index in [-0.39, 0.29) is 17.2 Å². The third-order valence-corrected chi connectivity index (χ3v) is 5.00. The van der Waals surface area contributed by atoms with Crippen molar-refractivity contribution in [3.63, 3.8) is 0 Å². The number of hydrogen-bond donors (Lipinski definition) is 0. The zero-order valence-corrected chi connectivity index (χ0v) is 16.9. The molecule has 6 heteroatoms. The molecule has 0 radical (unpaired) electrons. The van der Waals surface area contributed by atoms with E-state index < -0.39 is 0 Å². The van der Waals surface area contributed by atoms with Crippen LogP contribution in [0.3, 0.4) is 0 Å². The summed E-state index contributed by atoms with van der Waals surface area (Å²) in [5, 5.41) is 0. The molecule has 0 spiro atoms. The molecule has 4 aromatic rings. The van der Waals surface area contributed by atoms with E-state index in [4.69, 9.17) is 0 Å². The summed E-state index contributed by atoms with van der Waals surface area (Å²) < 4.78 is 4.73. The molecule has 0 atom stereocenters. The van der Waals surface area contributed by atoms with Crippen LogP contribution in [0, 0.1) is 12.8 Å². The van der Waals surface area contributed by atoms with E-state index in [0.717, 1.165) is 16.8 Å². The van der Waals surface area contributed by atoms with Gasteiger partial charge < -0.3 is 4.57 Å². The van der Waals surface area contributed by atoms with Crippen LogP contribution in [0.15, 0.2) is 70.5 Å². The number of fused-ring (bicyclic) bond motifs is 1. The molecule has 2 aromatic carbocycles. The SMILES string of the molecule is Cc1ccccc1-n1c(=O)n(CC(C)C)c(=O)c2c1ncn2Cc1ccccc1. The fraction of sp³-hybridized carbons (Fsp3) is 0.261. The highest BCUT2D eigenvalue weighted by Gasteiger charge is 2.20. The Balaban J connectivity index is 2.04. The molecule has 0 saturated heterocycles. The van der Waals surface area contributed by atoms with E-state index in [1.807, 2.05) is 79.9 Å². The van der Waals surface area contributed by atoms with Crippen molar-refractivity contribution in [1.29, 1.82) is 0 Å². The molecule has 29 heavy (non-hydrogen) atoms. The number of rotatable bonds is 5. The summed E-state index contributed by atoms with van der Waals surface area (Å²) in [7, 11) is 0. The minimum Gasteiger partial charge on any atom is -0.320 e. The number of imidazole rings is 1. The molecule has 0 aliphatic heterocycles. The molecule has 2 aromatic heterocycles. The van der Waals surface area contributed by atoms with Gasteiger partial charge in [-0.15, -0.1) is 0 Å². The molecule has 2 heterocycles. The van der Waals surface area contributed by atoms with Crippen molar-refractivity contribution in [3.8, 4) is 5.69 Å². The first kappa shape index (κ1) is 18.9. The summed E-state index contributed by atoms with van der Waals surface area (Å²) in [6.45, 7) is 6.81. The molecule has 0 saturated carbocycles. The Morgan fingerprint density at radius 3 is 2.34 bits per heavy atom. The normalized spacial score (nSPS) is 11.4. The lowest BCUT2D eigenvalue weighted by Gasteiger charge is -2.15. The molecule has 0 unspecified atom stereocenters. The fourth-order valence-electron chi connectivity index (χ4n) is 3.64. The Labute approximate surface area is 168 Å². The molecule has 148 valence electrons. The Kier molecular flexibility index (Phi) is 4.92. The lowest BCUT2D eigenvalue weighted by molar-refractivity contribution is 0.488. The average Bonchev–Trinajstić information content (AvgIpc) is 3.10. The number of aromatic nitrogens is 4. The van der Waals surface area contributed by atoms with Crippen LogP contribution in [0.4, 0.5) is 0 Å². The van der Waals surface area contributed by atoms with Crippen LogP contribution in [-0.4, -0.2) is 18.7 Å². The highest BCUT2D eigenvalue weighted by molar-refractivity contribution is 5.73. The van der Waals surface area contributed by atoms with Crippen molar-refractivity contribution < 1.29 is 0 Å². The first-order valence-corrected chi connectivity index (χ1v) is 9.78. The highest BCUT2D eigenvalue weighted by Crippen LogP contribution is 2.17. The summed E-state index contributed by atoms with van der Waals surface area (Å²) in [5.74, 6) is 0.161. The molecular formula is C23H24N4O2. The van der Waals surface area contributed by atoms with Crippen molar-refractivity contribution in [2.24, 2.45) is 5.92 Å². The summed E-state index contributed by atoms with van der Waals surface area (Å²) in [4.78, 5) is 31.1. The Morgan fingerprint density at radius 1 is 0.966 bits per heavy atom. The molecular weight excluding hydrogens is 364 g/mol. The van der Waals surface area contributed by atoms with Gasteiger partial charge in [0.1, 0.15) is 0 Å². The number of benzene rings is 2. The van der Waals surface area contributed by atoms with Crippen LogP contribution >= 0.6 is 0 Å². The van der Waals surface area contributed by atoms with Gasteiger partial charge in [-0.25, -0.2) is 14.3 Å². The molecule has 0 aliphatic carbocycles. The van der Waals surface area contributed by atoms with Gasteiger partial charge in [0.15, 0.2) is 11.2 Å². The van der Waals surface area contributed by atoms with Gasteiger partial charge in [-0.2, -0.15) is 0 Å². The smallest absolute Gasteiger partial charge is 0.320 e. The molecule has 0 fully saturated rings. The first-order valence-electron chi connectivity index (χ1n) is 9.78. The summed E-state index contributed by atoms with van der Waals surface area (Å²) in [6.07, 6.45) is 1.65. The molecule has 0 aliphatic rings. The molecule has 6 nitrogen and oxygen atoms in total. The van der Waals surface area contributed by atoms with Gasteiger partial charge in [0.05, 0.1) is 12.0 Å². The monoisotopic (exact) mass is 388 g/mol. The zero-order valence-electron chi connectivity index (χ0n) is 16.9. The van der Waals surface area contributed by atoms with E-state index in [9.17, 15) is 9.59 Å². The van der Waals surface area contributed by atoms with E-state index in [2.05, 4.69) is 4.98 Å². The van der Waals surface area contributed by atoms with E-state index >= 15 is 0 Å². The number of nitrogens with zero attached hydrogens (tertiary/aromatic N) is 4. The van der Waals surface area contributed by atoms with Crippen LogP contribution in [-0.2, 0) is 13.1 Å². The third kappa shape index (κ3) is 3.42. The second kappa shape index (κ2) is 7.54. The van der Waals surface area contributed by atoms with Gasteiger partial charge >= 0.3 is 5.69 Å². The number of hydrogen-bond acceptors (Lipinski definition) is 3. The van der Waals surface area contributed by atoms with Crippen LogP contribution in [0.5, 0.6) is 0 Å². The van der Waals surface area contributed by atoms with Crippen molar-refractivity contribution in [2.45, 2.75) is 33.9 Å². The standard InChI is InChI=1S/C23H24N4O2/c1-16(2)13-26-22(28)20-21(24-15-25(20)14-18-10-5-4-6-11-18)27(23(26)29)19-12-8-7-9-17(19)3/h4-12,15-16H,13-14H2,1-3H3. The van der Waals surface area contributed by atoms with Crippen molar-refractivity contribution in [3.05, 3.63) is 92.9 Å². The Hall–Kier alpha value is -3.41. The van der Waals surface area contributed by atoms with Gasteiger partial charge in [-0.05, 0) is 30.0 Å². The zero-order chi connectivity index (χ0) is 20.5. The average molecular weight is 388 g/mol. The lowest BCUT2D eigenvalue weighted by atomic mass is 10.2. The fourth-order valence-corrected chi connectivity index (χ4v) is 3.64. The van der Waals surface area contributed by atoms with Crippen molar-refractivity contribution in [2.75, 3.05) is 0 Å². The van der Waals surface area contributed by atoms with Crippen LogP contribution in [0.25, 0.3) is 16.9 Å². The van der Waals surface area contributed by atoms with Crippen LogP contribution in [0.1, 0.15) is 25.0 Å². The van der Waals surface area contributed by atoms with Gasteiger partial charge in [0.2, 0.25) is 0 Å². The predicted octanol–water partition coefficient (Wildman–Crippen LogP) is 3.36. The van der Waals surface area contributed by atoms with Gasteiger partial charge in [0, 0.05) is 13.1 Å². The van der Waals surface area contributed by atoms with Gasteiger partial charge in [0.25, 0.3) is 5.56 Å². The van der Waals surface area contributed by atoms with Crippen LogP contribution in [0.2, 0.25) is 0 Å². The van der Waals surface area contributed by atoms with Crippen LogP contribution < -0.4 is 11.2 Å². The highest BCUT2D eigenvalue weighted by atomic mass is 16.2. The maximum absolute atomic E-state index is 13.3. The molecule has 4 rings (SSSR count). The molecule has 0 amide bonds. The predicted molar refractivity (Wildman–Crippen MR) is 115 cm³/mol. The number of para-hydroxylation sites is 1. The topological polar surface area (TPSA) is 61.8 Å². The Bertz CT molecular complexity index is 1280. The lowest BCUT2D eigenvalue weighted by Crippen LogP contribution is -2.41. The summed E-state index contributed by atoms with van der Waals surface area (Å²) in [6, 6.07) is 17.6. The third-order valence-electron chi connectivity index (χ3n) is 5.00. The van der Waals surface area contributed by atoms with Gasteiger partial charge in [-0.3, -0.25) is 9.36 Å². The van der Waals surface area contributed by atoms with Gasteiger partial charge in [-0.1, -0.05) is 62.4 Å². The van der Waals surface area contributed by atoms with E-state index in [1.54, 1.807) is 10.9 Å². The second-order valence-corrected chi connectivity index (χ2v) is 7.74. The Morgan fingerprint density at radius 2 is 1.66 bits per heavy atom. The maximum atomic E-state index is 13.3.